The molecule has 0 bridgehead atoms. The molecule has 2 N–H and O–H groups in total. The number of rotatable bonds is 2. The lowest BCUT2D eigenvalue weighted by Crippen LogP contribution is -2.35. The van der Waals surface area contributed by atoms with Gasteiger partial charge in [0, 0.05) is 6.07 Å². The molecule has 0 spiro atoms. The van der Waals surface area contributed by atoms with Crippen molar-refractivity contribution in [1.29, 1.82) is 0 Å². The Morgan fingerprint density at radius 2 is 2.64 bits per heavy atom. The summed E-state index contributed by atoms with van der Waals surface area (Å²) in [5, 5.41) is 9.50. The average Bonchev–Trinajstić information content (AvgIpc) is 2.75. The van der Waals surface area contributed by atoms with Crippen LogP contribution >= 0.6 is 0 Å². The first-order valence-electron chi connectivity index (χ1n) is 4.73. The Bertz CT molecular complexity index is 329. The number of hydrogen-bond acceptors (Lipinski definition) is 4. The fourth-order valence-electron chi connectivity index (χ4n) is 1.55. The summed E-state index contributed by atoms with van der Waals surface area (Å²) in [4.78, 5) is 11.6. The molecule has 0 saturated carbocycles. The third-order valence-corrected chi connectivity index (χ3v) is 2.26. The minimum absolute atomic E-state index is 0.0317. The summed E-state index contributed by atoms with van der Waals surface area (Å²) in [6, 6.07) is 1.62. The maximum atomic E-state index is 11.6. The molecule has 2 rings (SSSR count). The maximum Gasteiger partial charge on any atom is 0.242 e. The summed E-state index contributed by atoms with van der Waals surface area (Å²) in [5.74, 6) is 1.15. The van der Waals surface area contributed by atoms with E-state index >= 15 is 0 Å². The van der Waals surface area contributed by atoms with Gasteiger partial charge in [-0.2, -0.15) is 0 Å². The van der Waals surface area contributed by atoms with Crippen LogP contribution in [0.25, 0.3) is 0 Å². The Morgan fingerprint density at radius 1 is 1.79 bits per heavy atom. The summed E-state index contributed by atoms with van der Waals surface area (Å²) in [6.45, 7) is 2.70. The van der Waals surface area contributed by atoms with Crippen LogP contribution in [0.1, 0.15) is 18.6 Å². The first-order valence-corrected chi connectivity index (χ1v) is 4.73. The molecule has 14 heavy (non-hydrogen) atoms. The van der Waals surface area contributed by atoms with Crippen LogP contribution in [-0.4, -0.2) is 23.7 Å². The highest BCUT2D eigenvalue weighted by molar-refractivity contribution is 5.94. The van der Waals surface area contributed by atoms with Crippen molar-refractivity contribution in [1.82, 2.24) is 10.5 Å². The van der Waals surface area contributed by atoms with Gasteiger partial charge >= 0.3 is 0 Å². The Morgan fingerprint density at radius 3 is 3.21 bits per heavy atom. The molecule has 1 amide bonds. The highest BCUT2D eigenvalue weighted by atomic mass is 16.5. The number of carbonyl (C=O) groups is 1. The maximum absolute atomic E-state index is 11.6. The molecule has 1 aliphatic heterocycles. The smallest absolute Gasteiger partial charge is 0.242 e. The third kappa shape index (κ3) is 1.93. The van der Waals surface area contributed by atoms with E-state index in [4.69, 9.17) is 4.52 Å². The van der Waals surface area contributed by atoms with Crippen molar-refractivity contribution < 1.29 is 9.32 Å². The van der Waals surface area contributed by atoms with Crippen LogP contribution in [-0.2, 0) is 4.79 Å². The molecule has 1 aromatic heterocycles. The number of hydrogen-bond donors (Lipinski definition) is 2. The van der Waals surface area contributed by atoms with Crippen molar-refractivity contribution in [2.24, 2.45) is 0 Å². The normalized spacial score (nSPS) is 21.1. The lowest BCUT2D eigenvalue weighted by atomic mass is 10.2. The molecular weight excluding hydrogens is 182 g/mol. The van der Waals surface area contributed by atoms with Crippen LogP contribution < -0.4 is 10.6 Å². The first kappa shape index (κ1) is 9.21. The zero-order valence-corrected chi connectivity index (χ0v) is 8.04. The first-order chi connectivity index (χ1) is 6.75. The molecule has 1 fully saturated rings. The van der Waals surface area contributed by atoms with Crippen LogP contribution in [0.15, 0.2) is 10.6 Å². The van der Waals surface area contributed by atoms with Crippen LogP contribution in [0.2, 0.25) is 0 Å². The summed E-state index contributed by atoms with van der Waals surface area (Å²) in [6.07, 6.45) is 1.94. The SMILES string of the molecule is Cc1cc(NC(=O)[C@@H]2CCCN2)no1. The standard InChI is InChI=1S/C9H13N3O2/c1-6-5-8(12-14-6)11-9(13)7-3-2-4-10-7/h5,7,10H,2-4H2,1H3,(H,11,12,13)/t7-/m0/s1. The van der Waals surface area contributed by atoms with E-state index in [-0.39, 0.29) is 11.9 Å². The van der Waals surface area contributed by atoms with Crippen molar-refractivity contribution in [3.63, 3.8) is 0 Å². The minimum atomic E-state index is -0.0768. The van der Waals surface area contributed by atoms with Crippen molar-refractivity contribution in [3.8, 4) is 0 Å². The molecule has 5 heteroatoms. The lowest BCUT2D eigenvalue weighted by molar-refractivity contribution is -0.117. The fourth-order valence-corrected chi connectivity index (χ4v) is 1.55. The molecule has 76 valence electrons. The molecule has 2 heterocycles. The molecule has 0 radical (unpaired) electrons. The molecule has 0 aromatic carbocycles. The number of nitrogens with zero attached hydrogens (tertiary/aromatic N) is 1. The van der Waals surface area contributed by atoms with E-state index in [0.717, 1.165) is 19.4 Å². The Balaban J connectivity index is 1.93. The Labute approximate surface area is 81.8 Å². The summed E-state index contributed by atoms with van der Waals surface area (Å²) in [5.41, 5.74) is 0. The van der Waals surface area contributed by atoms with Gasteiger partial charge in [0.25, 0.3) is 0 Å². The van der Waals surface area contributed by atoms with E-state index in [1.165, 1.54) is 0 Å². The van der Waals surface area contributed by atoms with Crippen molar-refractivity contribution >= 4 is 11.7 Å². The quantitative estimate of drug-likeness (QED) is 0.728. The van der Waals surface area contributed by atoms with Gasteiger partial charge in [-0.3, -0.25) is 4.79 Å². The second kappa shape index (κ2) is 3.79. The average molecular weight is 195 g/mol. The fraction of sp³-hybridized carbons (Fsp3) is 0.556. The summed E-state index contributed by atoms with van der Waals surface area (Å²) >= 11 is 0. The van der Waals surface area contributed by atoms with Crippen molar-refractivity contribution in [2.45, 2.75) is 25.8 Å². The van der Waals surface area contributed by atoms with E-state index in [1.54, 1.807) is 13.0 Å². The largest absolute Gasteiger partial charge is 0.360 e. The molecule has 1 saturated heterocycles. The molecule has 0 unspecified atom stereocenters. The van der Waals surface area contributed by atoms with Gasteiger partial charge in [-0.15, -0.1) is 0 Å². The number of aryl methyl sites for hydroxylation is 1. The van der Waals surface area contributed by atoms with E-state index in [1.807, 2.05) is 0 Å². The molecule has 1 aromatic rings. The Kier molecular flexibility index (Phi) is 2.49. The van der Waals surface area contributed by atoms with Crippen LogP contribution in [0, 0.1) is 6.92 Å². The van der Waals surface area contributed by atoms with Crippen LogP contribution in [0.4, 0.5) is 5.82 Å². The summed E-state index contributed by atoms with van der Waals surface area (Å²) < 4.78 is 4.84. The van der Waals surface area contributed by atoms with Crippen LogP contribution in [0.3, 0.4) is 0 Å². The predicted molar refractivity (Wildman–Crippen MR) is 50.9 cm³/mol. The third-order valence-electron chi connectivity index (χ3n) is 2.26. The van der Waals surface area contributed by atoms with Crippen molar-refractivity contribution in [3.05, 3.63) is 11.8 Å². The highest BCUT2D eigenvalue weighted by Crippen LogP contribution is 2.10. The van der Waals surface area contributed by atoms with Gasteiger partial charge in [-0.05, 0) is 26.3 Å². The van der Waals surface area contributed by atoms with E-state index in [0.29, 0.717) is 11.6 Å². The molecule has 1 aliphatic rings. The molecular formula is C9H13N3O2. The van der Waals surface area contributed by atoms with Gasteiger partial charge in [-0.1, -0.05) is 5.16 Å². The number of anilines is 1. The number of amides is 1. The second-order valence-corrected chi connectivity index (χ2v) is 3.46. The van der Waals surface area contributed by atoms with Gasteiger partial charge in [-0.25, -0.2) is 0 Å². The number of carbonyl (C=O) groups excluding carboxylic acids is 1. The van der Waals surface area contributed by atoms with Gasteiger partial charge in [0.2, 0.25) is 5.91 Å². The monoisotopic (exact) mass is 195 g/mol. The predicted octanol–water partition coefficient (Wildman–Crippen LogP) is 0.674. The minimum Gasteiger partial charge on any atom is -0.360 e. The lowest BCUT2D eigenvalue weighted by Gasteiger charge is -2.07. The topological polar surface area (TPSA) is 67.2 Å². The molecule has 5 nitrogen and oxygen atoms in total. The van der Waals surface area contributed by atoms with E-state index in [2.05, 4.69) is 15.8 Å². The number of aromatic nitrogens is 1. The van der Waals surface area contributed by atoms with E-state index < -0.39 is 0 Å². The zero-order valence-electron chi connectivity index (χ0n) is 8.04. The van der Waals surface area contributed by atoms with Gasteiger partial charge in [0.1, 0.15) is 5.76 Å². The number of nitrogens with one attached hydrogen (secondary N) is 2. The van der Waals surface area contributed by atoms with E-state index in [9.17, 15) is 4.79 Å². The zero-order chi connectivity index (χ0) is 9.97. The van der Waals surface area contributed by atoms with Crippen LogP contribution in [0.5, 0.6) is 0 Å². The second-order valence-electron chi connectivity index (χ2n) is 3.46. The highest BCUT2D eigenvalue weighted by Gasteiger charge is 2.22. The molecule has 1 atom stereocenters. The Hall–Kier alpha value is -1.36. The van der Waals surface area contributed by atoms with Gasteiger partial charge < -0.3 is 15.2 Å². The summed E-state index contributed by atoms with van der Waals surface area (Å²) in [7, 11) is 0. The van der Waals surface area contributed by atoms with Gasteiger partial charge in [0.05, 0.1) is 6.04 Å². The van der Waals surface area contributed by atoms with Gasteiger partial charge in [0.15, 0.2) is 5.82 Å². The van der Waals surface area contributed by atoms with Crippen molar-refractivity contribution in [2.75, 3.05) is 11.9 Å². The molecule has 0 aliphatic carbocycles.